The zero-order valence-corrected chi connectivity index (χ0v) is 20.1. The summed E-state index contributed by atoms with van der Waals surface area (Å²) in [5.41, 5.74) is 0.719. The van der Waals surface area contributed by atoms with E-state index in [0.717, 1.165) is 28.0 Å². The van der Waals surface area contributed by atoms with Gasteiger partial charge in [-0.05, 0) is 61.0 Å². The second kappa shape index (κ2) is 12.7. The molecule has 0 radical (unpaired) electrons. The smallest absolute Gasteiger partial charge is 0.293 e. The fourth-order valence-electron chi connectivity index (χ4n) is 3.23. The molecule has 0 atom stereocenters. The van der Waals surface area contributed by atoms with E-state index < -0.39 is 0 Å². The van der Waals surface area contributed by atoms with Gasteiger partial charge in [-0.15, -0.1) is 0 Å². The molecule has 3 amide bonds. The topological polar surface area (TPSA) is 94.2 Å². The predicted octanol–water partition coefficient (Wildman–Crippen LogP) is 4.11. The van der Waals surface area contributed by atoms with E-state index in [1.54, 1.807) is 31.4 Å². The number of carbonyl (C=O) groups is 3. The van der Waals surface area contributed by atoms with Crippen LogP contribution < -0.4 is 19.5 Å². The maximum Gasteiger partial charge on any atom is 0.293 e. The van der Waals surface area contributed by atoms with Crippen LogP contribution in [0.2, 0.25) is 0 Å². The summed E-state index contributed by atoms with van der Waals surface area (Å²) in [6.45, 7) is 3.13. The van der Waals surface area contributed by atoms with E-state index >= 15 is 0 Å². The molecule has 34 heavy (non-hydrogen) atoms. The average Bonchev–Trinajstić information content (AvgIpc) is 3.11. The summed E-state index contributed by atoms with van der Waals surface area (Å²) in [6, 6.07) is 14.7. The fraction of sp³-hybridized carbons (Fsp3) is 0.320. The van der Waals surface area contributed by atoms with Gasteiger partial charge in [-0.2, -0.15) is 0 Å². The zero-order valence-electron chi connectivity index (χ0n) is 19.2. The SMILES string of the molecule is CCOc1ccc(C=C2SC(=O)N(CCNC(=O)CCCOc3ccccc3)C2=O)cc1OC. The van der Waals surface area contributed by atoms with Crippen molar-refractivity contribution in [3.63, 3.8) is 0 Å². The highest BCUT2D eigenvalue weighted by atomic mass is 32.2. The van der Waals surface area contributed by atoms with Crippen LogP contribution in [-0.2, 0) is 9.59 Å². The lowest BCUT2D eigenvalue weighted by molar-refractivity contribution is -0.124. The maximum absolute atomic E-state index is 12.7. The van der Waals surface area contributed by atoms with E-state index in [2.05, 4.69) is 5.32 Å². The molecule has 0 spiro atoms. The summed E-state index contributed by atoms with van der Waals surface area (Å²) in [5, 5.41) is 2.39. The molecular formula is C25H28N2O6S. The average molecular weight is 485 g/mol. The van der Waals surface area contributed by atoms with Crippen molar-refractivity contribution in [1.29, 1.82) is 0 Å². The lowest BCUT2D eigenvalue weighted by Crippen LogP contribution is -2.37. The molecule has 3 rings (SSSR count). The first kappa shape index (κ1) is 25.2. The van der Waals surface area contributed by atoms with Gasteiger partial charge < -0.3 is 19.5 Å². The Balaban J connectivity index is 1.45. The number of nitrogens with one attached hydrogen (secondary N) is 1. The van der Waals surface area contributed by atoms with Crippen molar-refractivity contribution >= 4 is 34.9 Å². The number of hydrogen-bond donors (Lipinski definition) is 1. The third-order valence-electron chi connectivity index (χ3n) is 4.88. The Kier molecular flexibility index (Phi) is 9.40. The molecule has 1 fully saturated rings. The van der Waals surface area contributed by atoms with Crippen LogP contribution in [0.5, 0.6) is 17.2 Å². The minimum absolute atomic E-state index is 0.112. The van der Waals surface area contributed by atoms with Crippen LogP contribution in [0.4, 0.5) is 4.79 Å². The molecule has 2 aromatic rings. The van der Waals surface area contributed by atoms with Gasteiger partial charge in [0.05, 0.1) is 25.2 Å². The van der Waals surface area contributed by atoms with Crippen molar-refractivity contribution < 1.29 is 28.6 Å². The molecule has 2 aromatic carbocycles. The first-order valence-corrected chi connectivity index (χ1v) is 11.8. The Hall–Kier alpha value is -3.46. The summed E-state index contributed by atoms with van der Waals surface area (Å²) < 4.78 is 16.4. The number of rotatable bonds is 12. The molecule has 0 bridgehead atoms. The van der Waals surface area contributed by atoms with Crippen molar-refractivity contribution in [3.05, 3.63) is 59.0 Å². The summed E-state index contributed by atoms with van der Waals surface area (Å²) in [6.07, 6.45) is 2.51. The van der Waals surface area contributed by atoms with Crippen LogP contribution in [0.25, 0.3) is 6.08 Å². The Bertz CT molecular complexity index is 1040. The van der Waals surface area contributed by atoms with Crippen molar-refractivity contribution in [2.24, 2.45) is 0 Å². The molecule has 1 saturated heterocycles. The van der Waals surface area contributed by atoms with E-state index in [4.69, 9.17) is 14.2 Å². The van der Waals surface area contributed by atoms with Gasteiger partial charge >= 0.3 is 0 Å². The van der Waals surface area contributed by atoms with Crippen molar-refractivity contribution in [2.75, 3.05) is 33.4 Å². The van der Waals surface area contributed by atoms with Gasteiger partial charge in [-0.3, -0.25) is 19.3 Å². The van der Waals surface area contributed by atoms with Gasteiger partial charge in [0.15, 0.2) is 11.5 Å². The molecule has 8 nitrogen and oxygen atoms in total. The van der Waals surface area contributed by atoms with E-state index in [9.17, 15) is 14.4 Å². The summed E-state index contributed by atoms with van der Waals surface area (Å²) in [4.78, 5) is 38.5. The third kappa shape index (κ3) is 7.02. The van der Waals surface area contributed by atoms with Crippen LogP contribution in [0.15, 0.2) is 53.4 Å². The second-order valence-electron chi connectivity index (χ2n) is 7.29. The number of thioether (sulfide) groups is 1. The predicted molar refractivity (Wildman–Crippen MR) is 131 cm³/mol. The number of amides is 3. The number of nitrogens with zero attached hydrogens (tertiary/aromatic N) is 1. The van der Waals surface area contributed by atoms with Crippen LogP contribution in [0.1, 0.15) is 25.3 Å². The lowest BCUT2D eigenvalue weighted by Gasteiger charge is -2.13. The van der Waals surface area contributed by atoms with E-state index in [0.29, 0.717) is 42.5 Å². The number of carbonyl (C=O) groups excluding carboxylic acids is 3. The first-order valence-electron chi connectivity index (χ1n) is 11.0. The normalized spacial score (nSPS) is 14.4. The quantitative estimate of drug-likeness (QED) is 0.358. The standard InChI is InChI=1S/C25H28N2O6S/c1-3-32-20-12-11-18(16-21(20)31-2)17-22-24(29)27(25(30)34-22)14-13-26-23(28)10-7-15-33-19-8-5-4-6-9-19/h4-6,8-9,11-12,16-17H,3,7,10,13-15H2,1-2H3,(H,26,28). The Morgan fingerprint density at radius 2 is 1.88 bits per heavy atom. The molecule has 180 valence electrons. The second-order valence-corrected chi connectivity index (χ2v) is 8.28. The third-order valence-corrected chi connectivity index (χ3v) is 5.78. The largest absolute Gasteiger partial charge is 0.494 e. The molecule has 1 aliphatic heterocycles. The molecule has 0 aliphatic carbocycles. The number of para-hydroxylation sites is 1. The van der Waals surface area contributed by atoms with Gasteiger partial charge in [0, 0.05) is 19.5 Å². The molecule has 0 unspecified atom stereocenters. The van der Waals surface area contributed by atoms with E-state index in [1.807, 2.05) is 37.3 Å². The van der Waals surface area contributed by atoms with Gasteiger partial charge in [-0.25, -0.2) is 0 Å². The first-order chi connectivity index (χ1) is 16.5. The lowest BCUT2D eigenvalue weighted by atomic mass is 10.2. The van der Waals surface area contributed by atoms with Gasteiger partial charge in [0.25, 0.3) is 11.1 Å². The van der Waals surface area contributed by atoms with Crippen molar-refractivity contribution in [3.8, 4) is 17.2 Å². The van der Waals surface area contributed by atoms with Crippen molar-refractivity contribution in [1.82, 2.24) is 10.2 Å². The minimum Gasteiger partial charge on any atom is -0.494 e. The highest BCUT2D eigenvalue weighted by molar-refractivity contribution is 8.18. The van der Waals surface area contributed by atoms with Gasteiger partial charge in [-0.1, -0.05) is 24.3 Å². The number of hydrogen-bond acceptors (Lipinski definition) is 7. The maximum atomic E-state index is 12.7. The monoisotopic (exact) mass is 484 g/mol. The van der Waals surface area contributed by atoms with E-state index in [1.165, 1.54) is 0 Å². The molecule has 1 aliphatic rings. The van der Waals surface area contributed by atoms with Gasteiger partial charge in [0.1, 0.15) is 5.75 Å². The summed E-state index contributed by atoms with van der Waals surface area (Å²) >= 11 is 0.875. The molecular weight excluding hydrogens is 456 g/mol. The molecule has 1 heterocycles. The zero-order chi connectivity index (χ0) is 24.3. The molecule has 0 aromatic heterocycles. The van der Waals surface area contributed by atoms with Gasteiger partial charge in [0.2, 0.25) is 5.91 Å². The van der Waals surface area contributed by atoms with E-state index in [-0.39, 0.29) is 30.1 Å². The van der Waals surface area contributed by atoms with Crippen molar-refractivity contribution in [2.45, 2.75) is 19.8 Å². The van der Waals surface area contributed by atoms with Crippen LogP contribution >= 0.6 is 11.8 Å². The number of benzene rings is 2. The van der Waals surface area contributed by atoms with Crippen LogP contribution in [-0.4, -0.2) is 55.4 Å². The van der Waals surface area contributed by atoms with Crippen LogP contribution in [0, 0.1) is 0 Å². The Morgan fingerprint density at radius 1 is 1.09 bits per heavy atom. The Labute approximate surface area is 203 Å². The highest BCUT2D eigenvalue weighted by Gasteiger charge is 2.34. The Morgan fingerprint density at radius 3 is 2.62 bits per heavy atom. The minimum atomic E-state index is -0.381. The summed E-state index contributed by atoms with van der Waals surface area (Å²) in [7, 11) is 1.54. The number of methoxy groups -OCH3 is 1. The molecule has 0 saturated carbocycles. The summed E-state index contributed by atoms with van der Waals surface area (Å²) in [5.74, 6) is 1.39. The molecule has 1 N–H and O–H groups in total. The number of ether oxygens (including phenoxy) is 3. The fourth-order valence-corrected chi connectivity index (χ4v) is 4.09. The van der Waals surface area contributed by atoms with Crippen LogP contribution in [0.3, 0.4) is 0 Å². The highest BCUT2D eigenvalue weighted by Crippen LogP contribution is 2.34. The molecule has 9 heteroatoms. The number of imide groups is 1.